The predicted octanol–water partition coefficient (Wildman–Crippen LogP) is 2.80. The van der Waals surface area contributed by atoms with Crippen molar-refractivity contribution in [2.45, 2.75) is 6.42 Å². The van der Waals surface area contributed by atoms with E-state index in [4.69, 9.17) is 23.2 Å². The van der Waals surface area contributed by atoms with Gasteiger partial charge in [-0.2, -0.15) is 0 Å². The molecule has 104 valence electrons. The first kappa shape index (κ1) is 13.1. The number of hydrogen-bond acceptors (Lipinski definition) is 2. The van der Waals surface area contributed by atoms with Gasteiger partial charge in [0.1, 0.15) is 0 Å². The molecule has 0 saturated carbocycles. The van der Waals surface area contributed by atoms with E-state index in [9.17, 15) is 9.90 Å². The Hall–Kier alpha value is -1.85. The highest BCUT2D eigenvalue weighted by Crippen LogP contribution is 2.31. The zero-order chi connectivity index (χ0) is 14.4. The zero-order valence-corrected chi connectivity index (χ0v) is 12.0. The van der Waals surface area contributed by atoms with E-state index in [1.54, 1.807) is 18.3 Å². The van der Waals surface area contributed by atoms with Crippen molar-refractivity contribution in [1.82, 2.24) is 14.5 Å². The number of aromatic hydroxyl groups is 1. The zero-order valence-electron chi connectivity index (χ0n) is 10.5. The topological polar surface area (TPSA) is 73.8 Å². The molecule has 1 aromatic carbocycles. The molecule has 3 aromatic rings. The lowest BCUT2D eigenvalue weighted by Crippen LogP contribution is -2.11. The number of fused-ring (bicyclic) bond motifs is 1. The number of halogens is 2. The number of nitrogens with one attached hydrogen (secondary N) is 2. The number of nitrogens with zero attached hydrogens (tertiary/aromatic N) is 1. The molecular formula is C13H11Cl2N3O2. The Labute approximate surface area is 123 Å². The number of benzene rings is 1. The van der Waals surface area contributed by atoms with E-state index >= 15 is 0 Å². The summed E-state index contributed by atoms with van der Waals surface area (Å²) in [5.74, 6) is -0.0718. The molecule has 0 unspecified atom stereocenters. The third-order valence-corrected chi connectivity index (χ3v) is 3.83. The molecule has 2 aromatic heterocycles. The number of aromatic amines is 2. The highest BCUT2D eigenvalue weighted by atomic mass is 35.5. The molecule has 7 heteroatoms. The molecule has 0 fully saturated rings. The van der Waals surface area contributed by atoms with Crippen LogP contribution in [0.15, 0.2) is 23.1 Å². The van der Waals surface area contributed by atoms with Crippen molar-refractivity contribution < 1.29 is 5.11 Å². The highest BCUT2D eigenvalue weighted by molar-refractivity contribution is 6.38. The lowest BCUT2D eigenvalue weighted by molar-refractivity contribution is 0.424. The molecule has 5 nitrogen and oxygen atoms in total. The Bertz CT molecular complexity index is 860. The Balaban J connectivity index is 2.11. The van der Waals surface area contributed by atoms with Crippen molar-refractivity contribution in [1.29, 1.82) is 0 Å². The van der Waals surface area contributed by atoms with E-state index in [0.29, 0.717) is 22.2 Å². The van der Waals surface area contributed by atoms with Gasteiger partial charge in [0, 0.05) is 30.1 Å². The summed E-state index contributed by atoms with van der Waals surface area (Å²) < 4.78 is 1.16. The molecule has 20 heavy (non-hydrogen) atoms. The van der Waals surface area contributed by atoms with E-state index < -0.39 is 0 Å². The highest BCUT2D eigenvalue weighted by Gasteiger charge is 2.14. The maximum atomic E-state index is 11.5. The molecule has 0 bridgehead atoms. The molecule has 2 heterocycles. The standard InChI is InChI=1S/C13H11Cl2N3O2/c1-18-12(19)10(17-13(18)20)2-6-5-16-11-8(6)3-7(14)4-9(11)15/h3-5,16,19H,2H2,1H3,(H,17,20). The van der Waals surface area contributed by atoms with Crippen molar-refractivity contribution in [3.63, 3.8) is 0 Å². The van der Waals surface area contributed by atoms with Gasteiger partial charge < -0.3 is 15.1 Å². The van der Waals surface area contributed by atoms with Crippen molar-refractivity contribution >= 4 is 34.1 Å². The molecule has 3 N–H and O–H groups in total. The second-order valence-electron chi connectivity index (χ2n) is 4.59. The summed E-state index contributed by atoms with van der Waals surface area (Å²) in [4.78, 5) is 17.2. The molecule has 0 amide bonds. The molecule has 0 spiro atoms. The number of aromatic nitrogens is 3. The van der Waals surface area contributed by atoms with Crippen LogP contribution in [0, 0.1) is 0 Å². The van der Waals surface area contributed by atoms with Gasteiger partial charge in [0.15, 0.2) is 0 Å². The minimum absolute atomic E-state index is 0.0718. The maximum absolute atomic E-state index is 11.5. The monoisotopic (exact) mass is 311 g/mol. The average Bonchev–Trinajstić information content (AvgIpc) is 2.88. The minimum Gasteiger partial charge on any atom is -0.493 e. The second kappa shape index (κ2) is 4.61. The van der Waals surface area contributed by atoms with Gasteiger partial charge in [0.2, 0.25) is 5.88 Å². The Morgan fingerprint density at radius 3 is 2.75 bits per heavy atom. The Morgan fingerprint density at radius 2 is 2.10 bits per heavy atom. The average molecular weight is 312 g/mol. The van der Waals surface area contributed by atoms with Crippen LogP contribution in [0.4, 0.5) is 0 Å². The summed E-state index contributed by atoms with van der Waals surface area (Å²) in [5, 5.41) is 11.8. The number of imidazole rings is 1. The van der Waals surface area contributed by atoms with Gasteiger partial charge in [-0.15, -0.1) is 0 Å². The number of hydrogen-bond donors (Lipinski definition) is 3. The summed E-state index contributed by atoms with van der Waals surface area (Å²) >= 11 is 12.1. The third-order valence-electron chi connectivity index (χ3n) is 3.31. The van der Waals surface area contributed by atoms with Gasteiger partial charge in [-0.1, -0.05) is 23.2 Å². The fourth-order valence-corrected chi connectivity index (χ4v) is 2.79. The first-order chi connectivity index (χ1) is 9.47. The quantitative estimate of drug-likeness (QED) is 0.681. The first-order valence-electron chi connectivity index (χ1n) is 5.89. The smallest absolute Gasteiger partial charge is 0.328 e. The van der Waals surface area contributed by atoms with Gasteiger partial charge in [0.05, 0.1) is 16.2 Å². The SMILES string of the molecule is Cn1c(O)c(Cc2c[nH]c3c(Cl)cc(Cl)cc23)[nH]c1=O. The van der Waals surface area contributed by atoms with Crippen LogP contribution in [0.1, 0.15) is 11.3 Å². The van der Waals surface area contributed by atoms with Crippen LogP contribution in [-0.2, 0) is 13.5 Å². The molecule has 0 atom stereocenters. The summed E-state index contributed by atoms with van der Waals surface area (Å²) in [7, 11) is 1.50. The van der Waals surface area contributed by atoms with Crippen molar-refractivity contribution in [3.05, 3.63) is 50.1 Å². The Morgan fingerprint density at radius 1 is 1.35 bits per heavy atom. The third kappa shape index (κ3) is 1.99. The molecule has 0 aliphatic heterocycles. The lowest BCUT2D eigenvalue weighted by Gasteiger charge is -2.00. The normalized spacial score (nSPS) is 11.3. The summed E-state index contributed by atoms with van der Waals surface area (Å²) in [6, 6.07) is 3.46. The predicted molar refractivity (Wildman–Crippen MR) is 78.8 cm³/mol. The van der Waals surface area contributed by atoms with Crippen LogP contribution in [0.3, 0.4) is 0 Å². The molecule has 0 aliphatic carbocycles. The fourth-order valence-electron chi connectivity index (χ4n) is 2.24. The fraction of sp³-hybridized carbons (Fsp3) is 0.154. The first-order valence-corrected chi connectivity index (χ1v) is 6.65. The van der Waals surface area contributed by atoms with Crippen molar-refractivity contribution in [3.8, 4) is 5.88 Å². The van der Waals surface area contributed by atoms with Crippen LogP contribution >= 0.6 is 23.2 Å². The Kier molecular flexibility index (Phi) is 3.03. The summed E-state index contributed by atoms with van der Waals surface area (Å²) in [6.07, 6.45) is 2.16. The molecule has 3 rings (SSSR count). The van der Waals surface area contributed by atoms with E-state index in [1.165, 1.54) is 7.05 Å². The van der Waals surface area contributed by atoms with Gasteiger partial charge in [-0.3, -0.25) is 4.57 Å². The van der Waals surface area contributed by atoms with E-state index in [-0.39, 0.29) is 11.6 Å². The molecule has 0 radical (unpaired) electrons. The van der Waals surface area contributed by atoms with E-state index in [1.807, 2.05) is 0 Å². The largest absolute Gasteiger partial charge is 0.493 e. The van der Waals surface area contributed by atoms with Gasteiger partial charge in [0.25, 0.3) is 0 Å². The van der Waals surface area contributed by atoms with Crippen LogP contribution in [0.25, 0.3) is 10.9 Å². The van der Waals surface area contributed by atoms with Crippen LogP contribution in [-0.4, -0.2) is 19.6 Å². The van der Waals surface area contributed by atoms with Gasteiger partial charge >= 0.3 is 5.69 Å². The number of H-pyrrole nitrogens is 2. The van der Waals surface area contributed by atoms with Crippen LogP contribution in [0.2, 0.25) is 10.0 Å². The summed E-state index contributed by atoms with van der Waals surface area (Å²) in [6.45, 7) is 0. The maximum Gasteiger partial charge on any atom is 0.328 e. The van der Waals surface area contributed by atoms with Crippen molar-refractivity contribution in [2.24, 2.45) is 7.05 Å². The summed E-state index contributed by atoms with van der Waals surface area (Å²) in [5.41, 5.74) is 1.77. The minimum atomic E-state index is -0.353. The molecule has 0 saturated heterocycles. The van der Waals surface area contributed by atoms with E-state index in [0.717, 1.165) is 21.0 Å². The van der Waals surface area contributed by atoms with Gasteiger partial charge in [-0.05, 0) is 17.7 Å². The molecular weight excluding hydrogens is 301 g/mol. The molecule has 0 aliphatic rings. The second-order valence-corrected chi connectivity index (χ2v) is 5.44. The van der Waals surface area contributed by atoms with Gasteiger partial charge in [-0.25, -0.2) is 4.79 Å². The lowest BCUT2D eigenvalue weighted by atomic mass is 10.1. The number of rotatable bonds is 2. The van der Waals surface area contributed by atoms with Crippen LogP contribution < -0.4 is 5.69 Å². The van der Waals surface area contributed by atoms with Crippen LogP contribution in [0.5, 0.6) is 5.88 Å². The van der Waals surface area contributed by atoms with E-state index in [2.05, 4.69) is 9.97 Å². The van der Waals surface area contributed by atoms with Crippen molar-refractivity contribution in [2.75, 3.05) is 0 Å².